The van der Waals surface area contributed by atoms with Crippen molar-refractivity contribution in [1.82, 2.24) is 0 Å². The van der Waals surface area contributed by atoms with Crippen molar-refractivity contribution >= 4 is 28.7 Å². The van der Waals surface area contributed by atoms with Crippen LogP contribution in [-0.2, 0) is 0 Å². The summed E-state index contributed by atoms with van der Waals surface area (Å²) in [5.41, 5.74) is 7.52. The van der Waals surface area contributed by atoms with Gasteiger partial charge in [0.25, 0.3) is 0 Å². The molecule has 3 N–H and O–H groups in total. The summed E-state index contributed by atoms with van der Waals surface area (Å²) in [6.07, 6.45) is -3.49. The maximum atomic E-state index is 12.8. The van der Waals surface area contributed by atoms with Gasteiger partial charge in [-0.25, -0.2) is 0 Å². The van der Waals surface area contributed by atoms with Crippen molar-refractivity contribution in [2.24, 2.45) is 5.92 Å². The van der Waals surface area contributed by atoms with E-state index in [9.17, 15) is 13.2 Å². The highest BCUT2D eigenvalue weighted by Crippen LogP contribution is 2.39. The standard InChI is InChI=1S/C13H17ClF3N3/c1-19-11-6-12(9(14)5-10(11)18)20-4-2-3-8(7-20)13(15,16)17/h5-6,8,19H,2-4,7,18H2,1H3. The Morgan fingerprint density at radius 1 is 1.40 bits per heavy atom. The third-order valence-electron chi connectivity index (χ3n) is 3.61. The van der Waals surface area contributed by atoms with Crippen molar-refractivity contribution in [3.05, 3.63) is 17.2 Å². The van der Waals surface area contributed by atoms with Gasteiger partial charge in [0.2, 0.25) is 0 Å². The molecule has 0 amide bonds. The number of nitrogens with zero attached hydrogens (tertiary/aromatic N) is 1. The first-order valence-electron chi connectivity index (χ1n) is 6.41. The Morgan fingerprint density at radius 2 is 2.10 bits per heavy atom. The van der Waals surface area contributed by atoms with Crippen LogP contribution in [-0.4, -0.2) is 26.3 Å². The topological polar surface area (TPSA) is 41.3 Å². The molecule has 1 aromatic rings. The summed E-state index contributed by atoms with van der Waals surface area (Å²) >= 11 is 6.12. The monoisotopic (exact) mass is 307 g/mol. The van der Waals surface area contributed by atoms with Crippen LogP contribution in [0, 0.1) is 5.92 Å². The Hall–Kier alpha value is -1.30. The molecule has 1 aliphatic heterocycles. The molecule has 0 saturated carbocycles. The first-order chi connectivity index (χ1) is 9.32. The number of halogens is 4. The van der Waals surface area contributed by atoms with Gasteiger partial charge >= 0.3 is 6.18 Å². The van der Waals surface area contributed by atoms with Gasteiger partial charge in [-0.2, -0.15) is 13.2 Å². The minimum atomic E-state index is -4.16. The van der Waals surface area contributed by atoms with Crippen LogP contribution in [0.5, 0.6) is 0 Å². The van der Waals surface area contributed by atoms with E-state index in [1.54, 1.807) is 24.1 Å². The molecule has 1 atom stereocenters. The molecule has 0 radical (unpaired) electrons. The van der Waals surface area contributed by atoms with Crippen LogP contribution in [0.1, 0.15) is 12.8 Å². The van der Waals surface area contributed by atoms with Crippen molar-refractivity contribution in [1.29, 1.82) is 0 Å². The van der Waals surface area contributed by atoms with Crippen molar-refractivity contribution < 1.29 is 13.2 Å². The lowest BCUT2D eigenvalue weighted by Gasteiger charge is -2.36. The van der Waals surface area contributed by atoms with Crippen LogP contribution in [0.25, 0.3) is 0 Å². The molecule has 0 spiro atoms. The number of hydrogen-bond donors (Lipinski definition) is 2. The molecule has 7 heteroatoms. The second-order valence-corrected chi connectivity index (χ2v) is 5.37. The third-order valence-corrected chi connectivity index (χ3v) is 3.92. The second-order valence-electron chi connectivity index (χ2n) is 4.97. The number of nitrogens with one attached hydrogen (secondary N) is 1. The third kappa shape index (κ3) is 3.06. The largest absolute Gasteiger partial charge is 0.397 e. The predicted octanol–water partition coefficient (Wildman–Crippen LogP) is 3.74. The van der Waals surface area contributed by atoms with Gasteiger partial charge in [-0.15, -0.1) is 0 Å². The average molecular weight is 308 g/mol. The first kappa shape index (κ1) is 15.1. The molecule has 0 aromatic heterocycles. The lowest BCUT2D eigenvalue weighted by molar-refractivity contribution is -0.175. The van der Waals surface area contributed by atoms with Crippen LogP contribution in [0.3, 0.4) is 0 Å². The van der Waals surface area contributed by atoms with Crippen LogP contribution in [0.4, 0.5) is 30.2 Å². The van der Waals surface area contributed by atoms with Crippen LogP contribution >= 0.6 is 11.6 Å². The van der Waals surface area contributed by atoms with Gasteiger partial charge in [0.1, 0.15) is 0 Å². The lowest BCUT2D eigenvalue weighted by atomic mass is 9.97. The Labute approximate surface area is 120 Å². The molecular formula is C13H17ClF3N3. The molecule has 1 aromatic carbocycles. The van der Waals surface area contributed by atoms with Crippen LogP contribution in [0.2, 0.25) is 5.02 Å². The van der Waals surface area contributed by atoms with E-state index in [2.05, 4.69) is 5.32 Å². The van der Waals surface area contributed by atoms with Crippen molar-refractivity contribution in [3.8, 4) is 0 Å². The van der Waals surface area contributed by atoms with E-state index < -0.39 is 12.1 Å². The van der Waals surface area contributed by atoms with Crippen molar-refractivity contribution in [3.63, 3.8) is 0 Å². The minimum Gasteiger partial charge on any atom is -0.397 e. The number of nitrogens with two attached hydrogens (primary N) is 1. The van der Waals surface area contributed by atoms with E-state index in [0.717, 1.165) is 0 Å². The van der Waals surface area contributed by atoms with E-state index in [0.29, 0.717) is 35.1 Å². The Bertz CT molecular complexity index is 490. The maximum absolute atomic E-state index is 12.8. The highest BCUT2D eigenvalue weighted by molar-refractivity contribution is 6.33. The summed E-state index contributed by atoms with van der Waals surface area (Å²) in [5.74, 6) is -1.30. The van der Waals surface area contributed by atoms with Gasteiger partial charge < -0.3 is 16.0 Å². The number of alkyl halides is 3. The fraction of sp³-hybridized carbons (Fsp3) is 0.538. The molecule has 1 saturated heterocycles. The number of hydrogen-bond acceptors (Lipinski definition) is 3. The first-order valence-corrected chi connectivity index (χ1v) is 6.79. The van der Waals surface area contributed by atoms with Crippen molar-refractivity contribution in [2.75, 3.05) is 36.1 Å². The number of anilines is 3. The van der Waals surface area contributed by atoms with E-state index in [4.69, 9.17) is 17.3 Å². The van der Waals surface area contributed by atoms with Crippen LogP contribution in [0.15, 0.2) is 12.1 Å². The SMILES string of the molecule is CNc1cc(N2CCCC(C(F)(F)F)C2)c(Cl)cc1N. The molecule has 3 nitrogen and oxygen atoms in total. The molecule has 0 aliphatic carbocycles. The van der Waals surface area contributed by atoms with Gasteiger partial charge in [-0.1, -0.05) is 11.6 Å². The predicted molar refractivity (Wildman–Crippen MR) is 76.4 cm³/mol. The maximum Gasteiger partial charge on any atom is 0.393 e. The molecule has 0 bridgehead atoms. The number of piperidine rings is 1. The summed E-state index contributed by atoms with van der Waals surface area (Å²) < 4.78 is 38.5. The van der Waals surface area contributed by atoms with Crippen LogP contribution < -0.4 is 16.0 Å². The fourth-order valence-corrected chi connectivity index (χ4v) is 2.79. The Kier molecular flexibility index (Phi) is 4.22. The smallest absolute Gasteiger partial charge is 0.393 e. The van der Waals surface area contributed by atoms with Gasteiger partial charge in [0.05, 0.1) is 28.0 Å². The van der Waals surface area contributed by atoms with E-state index in [1.165, 1.54) is 0 Å². The van der Waals surface area contributed by atoms with E-state index in [-0.39, 0.29) is 13.0 Å². The zero-order valence-electron chi connectivity index (χ0n) is 11.1. The number of rotatable bonds is 2. The Balaban J connectivity index is 2.27. The van der Waals surface area contributed by atoms with Crippen molar-refractivity contribution in [2.45, 2.75) is 19.0 Å². The van der Waals surface area contributed by atoms with Gasteiger partial charge in [0.15, 0.2) is 0 Å². The van der Waals surface area contributed by atoms with E-state index >= 15 is 0 Å². The average Bonchev–Trinajstić information content (AvgIpc) is 2.38. The summed E-state index contributed by atoms with van der Waals surface area (Å²) in [7, 11) is 1.71. The van der Waals surface area contributed by atoms with Gasteiger partial charge in [-0.3, -0.25) is 0 Å². The summed E-state index contributed by atoms with van der Waals surface area (Å²) in [6.45, 7) is 0.510. The molecule has 1 aliphatic rings. The second kappa shape index (κ2) is 5.60. The van der Waals surface area contributed by atoms with E-state index in [1.807, 2.05) is 0 Å². The minimum absolute atomic E-state index is 0.0592. The zero-order valence-corrected chi connectivity index (χ0v) is 11.9. The Morgan fingerprint density at radius 3 is 2.70 bits per heavy atom. The summed E-state index contributed by atoms with van der Waals surface area (Å²) in [6, 6.07) is 3.27. The van der Waals surface area contributed by atoms with Gasteiger partial charge in [0, 0.05) is 20.1 Å². The quantitative estimate of drug-likeness (QED) is 0.818. The lowest BCUT2D eigenvalue weighted by Crippen LogP contribution is -2.41. The molecule has 20 heavy (non-hydrogen) atoms. The molecule has 1 unspecified atom stereocenters. The fourth-order valence-electron chi connectivity index (χ4n) is 2.50. The zero-order chi connectivity index (χ0) is 14.9. The molecule has 2 rings (SSSR count). The highest BCUT2D eigenvalue weighted by Gasteiger charge is 2.42. The molecular weight excluding hydrogens is 291 g/mol. The highest BCUT2D eigenvalue weighted by atomic mass is 35.5. The normalized spacial score (nSPS) is 20.1. The summed E-state index contributed by atoms with van der Waals surface area (Å²) in [5, 5.41) is 3.29. The molecule has 1 fully saturated rings. The molecule has 1 heterocycles. The molecule has 112 valence electrons. The summed E-state index contributed by atoms with van der Waals surface area (Å²) in [4.78, 5) is 1.68. The number of nitrogen functional groups attached to an aromatic ring is 1. The number of benzene rings is 1. The van der Waals surface area contributed by atoms with Gasteiger partial charge in [-0.05, 0) is 25.0 Å².